The van der Waals surface area contributed by atoms with E-state index in [1.165, 1.54) is 0 Å². The average Bonchev–Trinajstić information content (AvgIpc) is 3.13. The molecule has 0 aromatic carbocycles. The van der Waals surface area contributed by atoms with Crippen LogP contribution >= 0.6 is 22.7 Å². The highest BCUT2D eigenvalue weighted by Gasteiger charge is 2.26. The van der Waals surface area contributed by atoms with Crippen molar-refractivity contribution in [2.24, 2.45) is 0 Å². The third-order valence-corrected chi connectivity index (χ3v) is 5.28. The van der Waals surface area contributed by atoms with Gasteiger partial charge in [0.15, 0.2) is 0 Å². The third-order valence-electron chi connectivity index (χ3n) is 3.31. The van der Waals surface area contributed by atoms with Gasteiger partial charge in [-0.2, -0.15) is 5.10 Å². The first-order valence-corrected chi connectivity index (χ1v) is 9.33. The molecule has 0 aliphatic heterocycles. The lowest BCUT2D eigenvalue weighted by Gasteiger charge is -2.27. The predicted molar refractivity (Wildman–Crippen MR) is 98.9 cm³/mol. The number of hydrogen-bond donors (Lipinski definition) is 0. The normalized spacial score (nSPS) is 11.7. The van der Waals surface area contributed by atoms with Crippen molar-refractivity contribution in [1.82, 2.24) is 10.2 Å². The standard InChI is InChI=1S/C17H19N3O2S2/c1-11-10-24-15-13(8-18-19-14(11)15)20(9-12-6-5-7-23-12)16(21)22-17(2,3)4/h5-8,10H,9H2,1-4H3. The predicted octanol–water partition coefficient (Wildman–Crippen LogP) is 5.00. The van der Waals surface area contributed by atoms with Crippen molar-refractivity contribution in [3.63, 3.8) is 0 Å². The summed E-state index contributed by atoms with van der Waals surface area (Å²) in [5, 5.41) is 12.3. The van der Waals surface area contributed by atoms with Gasteiger partial charge in [-0.3, -0.25) is 4.90 Å². The summed E-state index contributed by atoms with van der Waals surface area (Å²) >= 11 is 3.18. The molecule has 126 valence electrons. The van der Waals surface area contributed by atoms with Crippen LogP contribution in [0.15, 0.2) is 29.1 Å². The number of thiophene rings is 2. The Bertz CT molecular complexity index is 850. The highest BCUT2D eigenvalue weighted by molar-refractivity contribution is 7.18. The summed E-state index contributed by atoms with van der Waals surface area (Å²) in [4.78, 5) is 15.5. The number of ether oxygens (including phenoxy) is 1. The Morgan fingerprint density at radius 2 is 2.12 bits per heavy atom. The van der Waals surface area contributed by atoms with Crippen molar-refractivity contribution < 1.29 is 9.53 Å². The molecule has 3 rings (SSSR count). The largest absolute Gasteiger partial charge is 0.443 e. The molecule has 3 heterocycles. The van der Waals surface area contributed by atoms with Gasteiger partial charge in [0.2, 0.25) is 0 Å². The summed E-state index contributed by atoms with van der Waals surface area (Å²) in [6, 6.07) is 3.98. The minimum atomic E-state index is -0.560. The molecular formula is C17H19N3O2S2. The Labute approximate surface area is 148 Å². The molecule has 0 spiro atoms. The summed E-state index contributed by atoms with van der Waals surface area (Å²) in [6.45, 7) is 8.04. The van der Waals surface area contributed by atoms with Crippen molar-refractivity contribution in [3.8, 4) is 0 Å². The fourth-order valence-corrected chi connectivity index (χ4v) is 3.96. The molecule has 7 heteroatoms. The number of aryl methyl sites for hydroxylation is 1. The number of amides is 1. The van der Waals surface area contributed by atoms with E-state index in [9.17, 15) is 4.79 Å². The smallest absolute Gasteiger partial charge is 0.415 e. The monoisotopic (exact) mass is 361 g/mol. The Morgan fingerprint density at radius 1 is 1.33 bits per heavy atom. The van der Waals surface area contributed by atoms with E-state index >= 15 is 0 Å². The molecular weight excluding hydrogens is 342 g/mol. The lowest BCUT2D eigenvalue weighted by molar-refractivity contribution is 0.0578. The summed E-state index contributed by atoms with van der Waals surface area (Å²) in [7, 11) is 0. The first kappa shape index (κ1) is 16.9. The fraction of sp³-hybridized carbons (Fsp3) is 0.353. The summed E-state index contributed by atoms with van der Waals surface area (Å²) < 4.78 is 6.56. The van der Waals surface area contributed by atoms with Crippen LogP contribution < -0.4 is 4.90 Å². The lowest BCUT2D eigenvalue weighted by Crippen LogP contribution is -2.36. The van der Waals surface area contributed by atoms with Gasteiger partial charge in [0, 0.05) is 4.88 Å². The maximum atomic E-state index is 12.8. The Kier molecular flexibility index (Phi) is 4.56. The van der Waals surface area contributed by atoms with E-state index in [2.05, 4.69) is 10.2 Å². The Morgan fingerprint density at radius 3 is 2.79 bits per heavy atom. The summed E-state index contributed by atoms with van der Waals surface area (Å²) in [6.07, 6.45) is 1.26. The molecule has 0 aliphatic carbocycles. The lowest BCUT2D eigenvalue weighted by atomic mass is 10.2. The molecule has 24 heavy (non-hydrogen) atoms. The van der Waals surface area contributed by atoms with Gasteiger partial charge in [-0.1, -0.05) is 6.07 Å². The van der Waals surface area contributed by atoms with Crippen LogP contribution in [-0.4, -0.2) is 21.9 Å². The highest BCUT2D eigenvalue weighted by Crippen LogP contribution is 2.33. The number of aromatic nitrogens is 2. The van der Waals surface area contributed by atoms with Crippen LogP contribution in [0.1, 0.15) is 31.2 Å². The van der Waals surface area contributed by atoms with E-state index in [-0.39, 0.29) is 6.09 Å². The quantitative estimate of drug-likeness (QED) is 0.658. The second-order valence-corrected chi connectivity index (χ2v) is 8.38. The SMILES string of the molecule is Cc1csc2c(N(Cc3cccs3)C(=O)OC(C)(C)C)cnnc12. The molecule has 0 fully saturated rings. The van der Waals surface area contributed by atoms with Crippen molar-refractivity contribution in [2.45, 2.75) is 39.8 Å². The zero-order valence-corrected chi connectivity index (χ0v) is 15.7. The first-order valence-electron chi connectivity index (χ1n) is 7.57. The van der Waals surface area contributed by atoms with Crippen molar-refractivity contribution in [3.05, 3.63) is 39.5 Å². The minimum absolute atomic E-state index is 0.378. The first-order chi connectivity index (χ1) is 11.3. The summed E-state index contributed by atoms with van der Waals surface area (Å²) in [5.41, 5.74) is 2.07. The number of carbonyl (C=O) groups excluding carboxylic acids is 1. The number of rotatable bonds is 3. The Balaban J connectivity index is 2.04. The molecule has 0 radical (unpaired) electrons. The van der Waals surface area contributed by atoms with Gasteiger partial charge < -0.3 is 4.74 Å². The Hall–Kier alpha value is -1.99. The zero-order valence-electron chi connectivity index (χ0n) is 14.1. The van der Waals surface area contributed by atoms with E-state index in [1.54, 1.807) is 33.8 Å². The minimum Gasteiger partial charge on any atom is -0.443 e. The van der Waals surface area contributed by atoms with Crippen LogP contribution in [0.4, 0.5) is 10.5 Å². The van der Waals surface area contributed by atoms with Crippen molar-refractivity contribution >= 4 is 44.7 Å². The number of hydrogen-bond acceptors (Lipinski definition) is 6. The zero-order chi connectivity index (χ0) is 17.3. The van der Waals surface area contributed by atoms with E-state index in [0.29, 0.717) is 6.54 Å². The molecule has 3 aromatic rings. The maximum Gasteiger partial charge on any atom is 0.415 e. The van der Waals surface area contributed by atoms with Gasteiger partial charge in [0.1, 0.15) is 11.1 Å². The second-order valence-electron chi connectivity index (χ2n) is 6.47. The number of fused-ring (bicyclic) bond motifs is 1. The van der Waals surface area contributed by atoms with Gasteiger partial charge >= 0.3 is 6.09 Å². The molecule has 0 saturated carbocycles. The van der Waals surface area contributed by atoms with E-state index in [4.69, 9.17) is 4.74 Å². The van der Waals surface area contributed by atoms with E-state index < -0.39 is 5.60 Å². The van der Waals surface area contributed by atoms with Gasteiger partial charge in [-0.25, -0.2) is 4.79 Å². The van der Waals surface area contributed by atoms with E-state index in [1.807, 2.05) is 50.6 Å². The van der Waals surface area contributed by atoms with Crippen LogP contribution in [0, 0.1) is 6.92 Å². The molecule has 0 unspecified atom stereocenters. The van der Waals surface area contributed by atoms with Crippen LogP contribution in [0.5, 0.6) is 0 Å². The molecule has 0 bridgehead atoms. The molecule has 0 N–H and O–H groups in total. The molecule has 1 amide bonds. The summed E-state index contributed by atoms with van der Waals surface area (Å²) in [5.74, 6) is 0. The number of anilines is 1. The van der Waals surface area contributed by atoms with Gasteiger partial charge in [0.05, 0.1) is 23.1 Å². The average molecular weight is 361 g/mol. The van der Waals surface area contributed by atoms with Crippen LogP contribution in [0.3, 0.4) is 0 Å². The van der Waals surface area contributed by atoms with Gasteiger partial charge in [0.25, 0.3) is 0 Å². The van der Waals surface area contributed by atoms with Crippen molar-refractivity contribution in [1.29, 1.82) is 0 Å². The third kappa shape index (κ3) is 3.57. The number of carbonyl (C=O) groups is 1. The second kappa shape index (κ2) is 6.49. The molecule has 0 saturated heterocycles. The van der Waals surface area contributed by atoms with Gasteiger partial charge in [-0.05, 0) is 50.1 Å². The molecule has 3 aromatic heterocycles. The topological polar surface area (TPSA) is 55.3 Å². The van der Waals surface area contributed by atoms with Crippen LogP contribution in [0.25, 0.3) is 10.2 Å². The van der Waals surface area contributed by atoms with E-state index in [0.717, 1.165) is 26.3 Å². The van der Waals surface area contributed by atoms with Crippen molar-refractivity contribution in [2.75, 3.05) is 4.90 Å². The van der Waals surface area contributed by atoms with Gasteiger partial charge in [-0.15, -0.1) is 27.8 Å². The van der Waals surface area contributed by atoms with Crippen LogP contribution in [-0.2, 0) is 11.3 Å². The molecule has 0 aliphatic rings. The maximum absolute atomic E-state index is 12.8. The molecule has 0 atom stereocenters. The molecule has 5 nitrogen and oxygen atoms in total. The fourth-order valence-electron chi connectivity index (χ4n) is 2.26. The number of nitrogens with zero attached hydrogens (tertiary/aromatic N) is 3. The highest BCUT2D eigenvalue weighted by atomic mass is 32.1. The van der Waals surface area contributed by atoms with Crippen LogP contribution in [0.2, 0.25) is 0 Å².